The molecule has 1 saturated carbocycles. The fourth-order valence-electron chi connectivity index (χ4n) is 3.55. The Morgan fingerprint density at radius 3 is 2.75 bits per heavy atom. The lowest BCUT2D eigenvalue weighted by atomic mass is 9.81. The van der Waals surface area contributed by atoms with E-state index in [1.165, 1.54) is 49.8 Å². The van der Waals surface area contributed by atoms with Gasteiger partial charge in [0.2, 0.25) is 0 Å². The number of hydrogen-bond donors (Lipinski definition) is 1. The van der Waals surface area contributed by atoms with Gasteiger partial charge >= 0.3 is 0 Å². The van der Waals surface area contributed by atoms with Gasteiger partial charge in [0.25, 0.3) is 0 Å². The Labute approximate surface area is 127 Å². The summed E-state index contributed by atoms with van der Waals surface area (Å²) in [6.45, 7) is 3.23. The third-order valence-electron chi connectivity index (χ3n) is 4.53. The first-order chi connectivity index (χ1) is 9.85. The first kappa shape index (κ1) is 16.0. The molecule has 0 bridgehead atoms. The van der Waals surface area contributed by atoms with E-state index in [2.05, 4.69) is 29.8 Å². The van der Waals surface area contributed by atoms with Crippen LogP contribution in [0.5, 0.6) is 0 Å². The van der Waals surface area contributed by atoms with Crippen LogP contribution >= 0.6 is 11.3 Å². The fraction of sp³-hybridized carbons (Fsp3) is 0.765. The molecule has 1 heterocycles. The van der Waals surface area contributed by atoms with Gasteiger partial charge < -0.3 is 10.1 Å². The third-order valence-corrected chi connectivity index (χ3v) is 5.47. The number of rotatable bonds is 8. The van der Waals surface area contributed by atoms with Crippen LogP contribution in [0.15, 0.2) is 17.5 Å². The molecule has 2 nitrogen and oxygen atoms in total. The molecule has 1 aromatic heterocycles. The number of methoxy groups -OCH3 is 1. The smallest absolute Gasteiger partial charge is 0.0752 e. The Morgan fingerprint density at radius 2 is 2.15 bits per heavy atom. The molecule has 0 amide bonds. The maximum atomic E-state index is 5.92. The summed E-state index contributed by atoms with van der Waals surface area (Å²) in [5.41, 5.74) is 0. The molecule has 114 valence electrons. The largest absolute Gasteiger partial charge is 0.380 e. The van der Waals surface area contributed by atoms with Crippen molar-refractivity contribution >= 4 is 11.3 Å². The van der Waals surface area contributed by atoms with Crippen molar-refractivity contribution < 1.29 is 4.74 Å². The molecule has 20 heavy (non-hydrogen) atoms. The standard InChI is InChI=1S/C17H29NOS/c1-3-18-16(12-11-15-10-7-13-20-15)17(19-2)14-8-5-4-6-9-14/h7,10,13-14,16-18H,3-6,8-9,11-12H2,1-2H3. The van der Waals surface area contributed by atoms with Gasteiger partial charge in [-0.05, 0) is 49.6 Å². The Morgan fingerprint density at radius 1 is 1.35 bits per heavy atom. The Bertz CT molecular complexity index is 346. The summed E-state index contributed by atoms with van der Waals surface area (Å²) < 4.78 is 5.92. The van der Waals surface area contributed by atoms with Crippen molar-refractivity contribution in [2.24, 2.45) is 5.92 Å². The van der Waals surface area contributed by atoms with Crippen LogP contribution in [0.2, 0.25) is 0 Å². The first-order valence-electron chi connectivity index (χ1n) is 8.13. The lowest BCUT2D eigenvalue weighted by molar-refractivity contribution is 0.00663. The van der Waals surface area contributed by atoms with Crippen molar-refractivity contribution in [2.75, 3.05) is 13.7 Å². The Balaban J connectivity index is 1.92. The molecule has 2 atom stereocenters. The summed E-state index contributed by atoms with van der Waals surface area (Å²) in [7, 11) is 1.90. The van der Waals surface area contributed by atoms with E-state index in [1.54, 1.807) is 0 Å². The second-order valence-corrected chi connectivity index (χ2v) is 6.91. The average molecular weight is 295 g/mol. The van der Waals surface area contributed by atoms with E-state index >= 15 is 0 Å². The molecular formula is C17H29NOS. The van der Waals surface area contributed by atoms with Crippen LogP contribution < -0.4 is 5.32 Å². The van der Waals surface area contributed by atoms with Crippen molar-refractivity contribution in [3.05, 3.63) is 22.4 Å². The van der Waals surface area contributed by atoms with Crippen molar-refractivity contribution in [2.45, 2.75) is 64.0 Å². The van der Waals surface area contributed by atoms with Gasteiger partial charge in [0.1, 0.15) is 0 Å². The third kappa shape index (κ3) is 4.57. The predicted molar refractivity (Wildman–Crippen MR) is 87.5 cm³/mol. The van der Waals surface area contributed by atoms with E-state index in [1.807, 2.05) is 18.4 Å². The Hall–Kier alpha value is -0.380. The molecule has 0 saturated heterocycles. The summed E-state index contributed by atoms with van der Waals surface area (Å²) in [4.78, 5) is 1.49. The lowest BCUT2D eigenvalue weighted by Gasteiger charge is -2.35. The summed E-state index contributed by atoms with van der Waals surface area (Å²) in [5.74, 6) is 0.751. The molecule has 1 aliphatic carbocycles. The molecule has 1 aromatic rings. The van der Waals surface area contributed by atoms with Crippen LogP contribution in [0, 0.1) is 5.92 Å². The first-order valence-corrected chi connectivity index (χ1v) is 9.01. The minimum atomic E-state index is 0.384. The fourth-order valence-corrected chi connectivity index (χ4v) is 4.27. The van der Waals surface area contributed by atoms with E-state index in [4.69, 9.17) is 4.74 Å². The van der Waals surface area contributed by atoms with E-state index in [9.17, 15) is 0 Å². The van der Waals surface area contributed by atoms with Crippen molar-refractivity contribution in [1.29, 1.82) is 0 Å². The maximum Gasteiger partial charge on any atom is 0.0752 e. The van der Waals surface area contributed by atoms with E-state index in [0.29, 0.717) is 12.1 Å². The van der Waals surface area contributed by atoms with Gasteiger partial charge in [-0.2, -0.15) is 0 Å². The van der Waals surface area contributed by atoms with Gasteiger partial charge in [-0.15, -0.1) is 11.3 Å². The second-order valence-electron chi connectivity index (χ2n) is 5.88. The summed E-state index contributed by atoms with van der Waals surface area (Å²) >= 11 is 1.87. The molecule has 3 heteroatoms. The van der Waals surface area contributed by atoms with E-state index < -0.39 is 0 Å². The van der Waals surface area contributed by atoms with Gasteiger partial charge in [-0.1, -0.05) is 32.3 Å². The van der Waals surface area contributed by atoms with Gasteiger partial charge in [0.05, 0.1) is 6.10 Å². The zero-order valence-electron chi connectivity index (χ0n) is 12.9. The van der Waals surface area contributed by atoms with Crippen LogP contribution in [0.1, 0.15) is 50.3 Å². The quantitative estimate of drug-likeness (QED) is 0.774. The maximum absolute atomic E-state index is 5.92. The van der Waals surface area contributed by atoms with Crippen molar-refractivity contribution in [1.82, 2.24) is 5.32 Å². The van der Waals surface area contributed by atoms with Gasteiger partial charge in [-0.3, -0.25) is 0 Å². The molecule has 2 unspecified atom stereocenters. The minimum absolute atomic E-state index is 0.384. The van der Waals surface area contributed by atoms with Crippen LogP contribution in [0.3, 0.4) is 0 Å². The molecule has 0 radical (unpaired) electrons. The van der Waals surface area contributed by atoms with Gasteiger partial charge in [-0.25, -0.2) is 0 Å². The monoisotopic (exact) mass is 295 g/mol. The van der Waals surface area contributed by atoms with Crippen LogP contribution in [-0.2, 0) is 11.2 Å². The number of hydrogen-bond acceptors (Lipinski definition) is 3. The zero-order valence-corrected chi connectivity index (χ0v) is 13.8. The number of likely N-dealkylation sites (N-methyl/N-ethyl adjacent to an activating group) is 1. The summed E-state index contributed by atoms with van der Waals surface area (Å²) in [5, 5.41) is 5.85. The number of nitrogens with one attached hydrogen (secondary N) is 1. The number of ether oxygens (including phenoxy) is 1. The average Bonchev–Trinajstić information content (AvgIpc) is 3.00. The lowest BCUT2D eigenvalue weighted by Crippen LogP contribution is -2.45. The predicted octanol–water partition coefficient (Wildman–Crippen LogP) is 4.25. The van der Waals surface area contributed by atoms with Gasteiger partial charge in [0.15, 0.2) is 0 Å². The number of aryl methyl sites for hydroxylation is 1. The van der Waals surface area contributed by atoms with E-state index in [0.717, 1.165) is 12.5 Å². The molecule has 1 aliphatic rings. The highest BCUT2D eigenvalue weighted by Crippen LogP contribution is 2.30. The molecular weight excluding hydrogens is 266 g/mol. The molecule has 0 aromatic carbocycles. The van der Waals surface area contributed by atoms with Crippen LogP contribution in [0.4, 0.5) is 0 Å². The van der Waals surface area contributed by atoms with E-state index in [-0.39, 0.29) is 0 Å². The zero-order chi connectivity index (χ0) is 14.2. The summed E-state index contributed by atoms with van der Waals surface area (Å²) in [6, 6.07) is 4.89. The van der Waals surface area contributed by atoms with Gasteiger partial charge in [0, 0.05) is 18.0 Å². The summed E-state index contributed by atoms with van der Waals surface area (Å²) in [6.07, 6.45) is 9.61. The van der Waals surface area contributed by atoms with Crippen LogP contribution in [0.25, 0.3) is 0 Å². The molecule has 2 rings (SSSR count). The number of thiophene rings is 1. The highest BCUT2D eigenvalue weighted by atomic mass is 32.1. The highest BCUT2D eigenvalue weighted by Gasteiger charge is 2.29. The second kappa shape index (κ2) is 8.81. The molecule has 1 N–H and O–H groups in total. The molecule has 0 aliphatic heterocycles. The normalized spacial score (nSPS) is 19.9. The van der Waals surface area contributed by atoms with Crippen LogP contribution in [-0.4, -0.2) is 25.8 Å². The van der Waals surface area contributed by atoms with Crippen molar-refractivity contribution in [3.8, 4) is 0 Å². The minimum Gasteiger partial charge on any atom is -0.380 e. The SMILES string of the molecule is CCNC(CCc1cccs1)C(OC)C1CCCCC1. The van der Waals surface area contributed by atoms with Crippen molar-refractivity contribution in [3.63, 3.8) is 0 Å². The Kier molecular flexibility index (Phi) is 7.05. The highest BCUT2D eigenvalue weighted by molar-refractivity contribution is 7.09. The topological polar surface area (TPSA) is 21.3 Å². The molecule has 1 fully saturated rings. The molecule has 0 spiro atoms.